The van der Waals surface area contributed by atoms with Crippen LogP contribution in [0.1, 0.15) is 23.2 Å². The molecule has 1 fully saturated rings. The molecule has 0 N–H and O–H groups in total. The molecule has 2 aromatic rings. The average Bonchev–Trinajstić information content (AvgIpc) is 2.63. The molecule has 8 heteroatoms. The molecule has 3 heterocycles. The summed E-state index contributed by atoms with van der Waals surface area (Å²) < 4.78 is 10.9. The van der Waals surface area contributed by atoms with Crippen molar-refractivity contribution in [2.24, 2.45) is 0 Å². The maximum absolute atomic E-state index is 12.7. The van der Waals surface area contributed by atoms with Gasteiger partial charge in [0.2, 0.25) is 5.88 Å². The maximum atomic E-state index is 12.7. The van der Waals surface area contributed by atoms with Gasteiger partial charge in [-0.3, -0.25) is 4.79 Å². The number of carbonyl (C=O) groups is 1. The lowest BCUT2D eigenvalue weighted by atomic mass is 10.1. The number of piperidine rings is 1. The molecule has 126 valence electrons. The first-order chi connectivity index (χ1) is 11.7. The molecule has 0 radical (unpaired) electrons. The van der Waals surface area contributed by atoms with Crippen LogP contribution in [-0.2, 0) is 0 Å². The Balaban J connectivity index is 1.68. The first-order valence-corrected chi connectivity index (χ1v) is 7.97. The summed E-state index contributed by atoms with van der Waals surface area (Å²) in [5.41, 5.74) is 0.448. The molecule has 1 unspecified atom stereocenters. The number of rotatable bonds is 4. The molecule has 1 aliphatic rings. The normalized spacial score (nSPS) is 17.4. The lowest BCUT2D eigenvalue weighted by Gasteiger charge is -2.32. The minimum atomic E-state index is -0.161. The molecule has 0 aromatic carbocycles. The van der Waals surface area contributed by atoms with Crippen LogP contribution in [-0.4, -0.2) is 52.1 Å². The van der Waals surface area contributed by atoms with Gasteiger partial charge < -0.3 is 14.4 Å². The number of hydrogen-bond acceptors (Lipinski definition) is 6. The lowest BCUT2D eigenvalue weighted by Crippen LogP contribution is -2.44. The van der Waals surface area contributed by atoms with Crippen molar-refractivity contribution >= 4 is 17.5 Å². The first kappa shape index (κ1) is 16.4. The molecule has 1 saturated heterocycles. The van der Waals surface area contributed by atoms with Gasteiger partial charge in [0.15, 0.2) is 0 Å². The molecule has 1 atom stereocenters. The third-order valence-corrected chi connectivity index (χ3v) is 3.92. The Labute approximate surface area is 144 Å². The summed E-state index contributed by atoms with van der Waals surface area (Å²) in [5.74, 6) is 0.205. The fraction of sp³-hybridized carbons (Fsp3) is 0.375. The number of carbonyl (C=O) groups excluding carboxylic acids is 1. The summed E-state index contributed by atoms with van der Waals surface area (Å²) in [7, 11) is 1.50. The molecule has 24 heavy (non-hydrogen) atoms. The Hall–Kier alpha value is -2.41. The Morgan fingerprint density at radius 1 is 1.33 bits per heavy atom. The van der Waals surface area contributed by atoms with Crippen molar-refractivity contribution < 1.29 is 14.3 Å². The van der Waals surface area contributed by atoms with Crippen LogP contribution in [0.5, 0.6) is 11.9 Å². The molecule has 1 aliphatic heterocycles. The number of halogens is 1. The SMILES string of the molecule is COc1ncccc1C(=O)N1CCCC(Oc2ncc(Cl)cn2)C1. The Morgan fingerprint density at radius 2 is 2.12 bits per heavy atom. The topological polar surface area (TPSA) is 77.4 Å². The van der Waals surface area contributed by atoms with Crippen LogP contribution >= 0.6 is 11.6 Å². The van der Waals surface area contributed by atoms with Gasteiger partial charge in [0.05, 0.1) is 31.1 Å². The summed E-state index contributed by atoms with van der Waals surface area (Å²) in [6.45, 7) is 1.13. The second kappa shape index (κ2) is 7.44. The minimum absolute atomic E-state index is 0.120. The molecule has 0 spiro atoms. The number of hydrogen-bond donors (Lipinski definition) is 0. The zero-order valence-electron chi connectivity index (χ0n) is 13.2. The fourth-order valence-electron chi connectivity index (χ4n) is 2.62. The average molecular weight is 349 g/mol. The quantitative estimate of drug-likeness (QED) is 0.843. The second-order valence-electron chi connectivity index (χ2n) is 5.38. The van der Waals surface area contributed by atoms with Gasteiger partial charge in [0.25, 0.3) is 5.91 Å². The van der Waals surface area contributed by atoms with E-state index in [0.29, 0.717) is 29.6 Å². The van der Waals surface area contributed by atoms with Crippen LogP contribution in [0.2, 0.25) is 5.02 Å². The van der Waals surface area contributed by atoms with Crippen molar-refractivity contribution in [1.82, 2.24) is 19.9 Å². The molecule has 0 aliphatic carbocycles. The maximum Gasteiger partial charge on any atom is 0.316 e. The summed E-state index contributed by atoms with van der Waals surface area (Å²) in [6, 6.07) is 3.69. The van der Waals surface area contributed by atoms with E-state index in [0.717, 1.165) is 12.8 Å². The number of nitrogens with zero attached hydrogens (tertiary/aromatic N) is 4. The van der Waals surface area contributed by atoms with Gasteiger partial charge in [-0.15, -0.1) is 0 Å². The molecular weight excluding hydrogens is 332 g/mol. The Kier molecular flexibility index (Phi) is 5.10. The third kappa shape index (κ3) is 3.73. The van der Waals surface area contributed by atoms with Crippen LogP contribution < -0.4 is 9.47 Å². The van der Waals surface area contributed by atoms with Crippen molar-refractivity contribution in [3.05, 3.63) is 41.3 Å². The van der Waals surface area contributed by atoms with E-state index in [1.807, 2.05) is 0 Å². The highest BCUT2D eigenvalue weighted by Gasteiger charge is 2.28. The smallest absolute Gasteiger partial charge is 0.316 e. The Bertz CT molecular complexity index is 711. The van der Waals surface area contributed by atoms with E-state index >= 15 is 0 Å². The van der Waals surface area contributed by atoms with Gasteiger partial charge in [0, 0.05) is 12.7 Å². The van der Waals surface area contributed by atoms with Gasteiger partial charge in [-0.25, -0.2) is 15.0 Å². The zero-order valence-corrected chi connectivity index (χ0v) is 13.9. The molecule has 0 bridgehead atoms. The highest BCUT2D eigenvalue weighted by molar-refractivity contribution is 6.30. The predicted molar refractivity (Wildman–Crippen MR) is 87.4 cm³/mol. The van der Waals surface area contributed by atoms with Crippen LogP contribution in [0.15, 0.2) is 30.7 Å². The molecule has 0 saturated carbocycles. The number of amides is 1. The first-order valence-electron chi connectivity index (χ1n) is 7.60. The summed E-state index contributed by atoms with van der Waals surface area (Å²) in [4.78, 5) is 26.6. The predicted octanol–water partition coefficient (Wildman–Crippen LogP) is 2.22. The van der Waals surface area contributed by atoms with E-state index in [2.05, 4.69) is 15.0 Å². The van der Waals surface area contributed by atoms with Gasteiger partial charge in [-0.2, -0.15) is 0 Å². The van der Waals surface area contributed by atoms with E-state index in [-0.39, 0.29) is 18.0 Å². The molecular formula is C16H17ClN4O3. The molecule has 7 nitrogen and oxygen atoms in total. The minimum Gasteiger partial charge on any atom is -0.480 e. The second-order valence-corrected chi connectivity index (χ2v) is 5.81. The highest BCUT2D eigenvalue weighted by atomic mass is 35.5. The number of methoxy groups -OCH3 is 1. The van der Waals surface area contributed by atoms with E-state index in [1.165, 1.54) is 19.5 Å². The van der Waals surface area contributed by atoms with Crippen LogP contribution in [0.25, 0.3) is 0 Å². The lowest BCUT2D eigenvalue weighted by molar-refractivity contribution is 0.0512. The molecule has 2 aromatic heterocycles. The zero-order chi connectivity index (χ0) is 16.9. The third-order valence-electron chi connectivity index (χ3n) is 3.73. The Morgan fingerprint density at radius 3 is 2.88 bits per heavy atom. The van der Waals surface area contributed by atoms with Gasteiger partial charge in [-0.05, 0) is 25.0 Å². The van der Waals surface area contributed by atoms with Crippen LogP contribution in [0, 0.1) is 0 Å². The van der Waals surface area contributed by atoms with Crippen molar-refractivity contribution in [2.45, 2.75) is 18.9 Å². The standard InChI is InChI=1S/C16H17ClN4O3/c1-23-14-13(5-2-6-18-14)15(22)21-7-3-4-12(10-21)24-16-19-8-11(17)9-20-16/h2,5-6,8-9,12H,3-4,7,10H2,1H3. The van der Waals surface area contributed by atoms with E-state index in [1.54, 1.807) is 23.2 Å². The fourth-order valence-corrected chi connectivity index (χ4v) is 2.71. The number of aromatic nitrogens is 3. The van der Waals surface area contributed by atoms with E-state index in [9.17, 15) is 4.79 Å². The monoisotopic (exact) mass is 348 g/mol. The van der Waals surface area contributed by atoms with Crippen molar-refractivity contribution in [2.75, 3.05) is 20.2 Å². The number of ether oxygens (including phenoxy) is 2. The number of likely N-dealkylation sites (tertiary alicyclic amines) is 1. The van der Waals surface area contributed by atoms with Gasteiger partial charge >= 0.3 is 6.01 Å². The largest absolute Gasteiger partial charge is 0.480 e. The summed E-state index contributed by atoms with van der Waals surface area (Å²) >= 11 is 5.76. The van der Waals surface area contributed by atoms with E-state index in [4.69, 9.17) is 21.1 Å². The van der Waals surface area contributed by atoms with Crippen molar-refractivity contribution in [3.8, 4) is 11.9 Å². The van der Waals surface area contributed by atoms with Gasteiger partial charge in [0.1, 0.15) is 11.7 Å². The highest BCUT2D eigenvalue weighted by Crippen LogP contribution is 2.21. The van der Waals surface area contributed by atoms with Crippen molar-refractivity contribution in [3.63, 3.8) is 0 Å². The van der Waals surface area contributed by atoms with Gasteiger partial charge in [-0.1, -0.05) is 11.6 Å². The summed E-state index contributed by atoms with van der Waals surface area (Å²) in [5, 5.41) is 0.450. The van der Waals surface area contributed by atoms with Crippen molar-refractivity contribution in [1.29, 1.82) is 0 Å². The number of pyridine rings is 1. The summed E-state index contributed by atoms with van der Waals surface area (Å²) in [6.07, 6.45) is 6.07. The molecule has 1 amide bonds. The van der Waals surface area contributed by atoms with E-state index < -0.39 is 0 Å². The van der Waals surface area contributed by atoms with Crippen LogP contribution in [0.3, 0.4) is 0 Å². The van der Waals surface area contributed by atoms with Crippen LogP contribution in [0.4, 0.5) is 0 Å². The molecule has 3 rings (SSSR count).